The van der Waals surface area contributed by atoms with Crippen LogP contribution >= 0.6 is 0 Å². The standard InChI is InChI=1S/C16H17N3O3/c1-3-14-15(20)18-13(16(22-2)19(14)21)8-10-9-17-12-7-5-4-6-11(10)12/h4-7,9,17H,3,8H2,1-2H3,(H,18,20). The second kappa shape index (κ2) is 5.55. The first-order valence-corrected chi connectivity index (χ1v) is 7.12. The zero-order valence-electron chi connectivity index (χ0n) is 12.5. The Balaban J connectivity index is 2.11. The van der Waals surface area contributed by atoms with E-state index in [2.05, 4.69) is 9.97 Å². The second-order valence-electron chi connectivity index (χ2n) is 5.07. The van der Waals surface area contributed by atoms with Gasteiger partial charge in [-0.05, 0) is 11.6 Å². The van der Waals surface area contributed by atoms with Crippen molar-refractivity contribution in [1.29, 1.82) is 0 Å². The number of nitrogens with one attached hydrogen (secondary N) is 2. The molecule has 0 atom stereocenters. The molecule has 3 rings (SSSR count). The maximum atomic E-state index is 12.2. The molecule has 2 N–H and O–H groups in total. The minimum absolute atomic E-state index is 0.140. The number of hydrogen-bond donors (Lipinski definition) is 2. The van der Waals surface area contributed by atoms with E-state index in [1.807, 2.05) is 30.5 Å². The fourth-order valence-electron chi connectivity index (χ4n) is 2.70. The lowest BCUT2D eigenvalue weighted by molar-refractivity contribution is -0.622. The first-order chi connectivity index (χ1) is 10.7. The predicted molar refractivity (Wildman–Crippen MR) is 83.1 cm³/mol. The third-order valence-electron chi connectivity index (χ3n) is 3.78. The van der Waals surface area contributed by atoms with E-state index in [0.717, 1.165) is 16.5 Å². The van der Waals surface area contributed by atoms with Crippen LogP contribution in [0.5, 0.6) is 5.88 Å². The van der Waals surface area contributed by atoms with E-state index in [9.17, 15) is 10.0 Å². The summed E-state index contributed by atoms with van der Waals surface area (Å²) in [5.41, 5.74) is 2.27. The lowest BCUT2D eigenvalue weighted by atomic mass is 10.1. The molecule has 6 nitrogen and oxygen atoms in total. The second-order valence-corrected chi connectivity index (χ2v) is 5.07. The summed E-state index contributed by atoms with van der Waals surface area (Å²) < 4.78 is 5.79. The summed E-state index contributed by atoms with van der Waals surface area (Å²) in [6.07, 6.45) is 2.64. The van der Waals surface area contributed by atoms with Gasteiger partial charge in [0.05, 0.1) is 7.11 Å². The van der Waals surface area contributed by atoms with Crippen LogP contribution in [0, 0.1) is 5.21 Å². The number of H-pyrrole nitrogens is 2. The predicted octanol–water partition coefficient (Wildman–Crippen LogP) is 1.65. The van der Waals surface area contributed by atoms with Gasteiger partial charge in [-0.2, -0.15) is 0 Å². The molecule has 2 aromatic heterocycles. The van der Waals surface area contributed by atoms with Crippen LogP contribution in [0.2, 0.25) is 0 Å². The average molecular weight is 299 g/mol. The maximum Gasteiger partial charge on any atom is 0.400 e. The molecule has 0 bridgehead atoms. The summed E-state index contributed by atoms with van der Waals surface area (Å²) in [5.74, 6) is 0.140. The van der Waals surface area contributed by atoms with Gasteiger partial charge in [0.2, 0.25) is 0 Å². The van der Waals surface area contributed by atoms with Gasteiger partial charge in [-0.15, -0.1) is 4.73 Å². The largest absolute Gasteiger partial charge is 0.616 e. The molecule has 6 heteroatoms. The fraction of sp³-hybridized carbons (Fsp3) is 0.250. The van der Waals surface area contributed by atoms with Gasteiger partial charge in [-0.3, -0.25) is 4.79 Å². The number of nitrogens with zero attached hydrogens (tertiary/aromatic N) is 1. The molecule has 0 saturated heterocycles. The van der Waals surface area contributed by atoms with Gasteiger partial charge in [0.1, 0.15) is 5.69 Å². The maximum absolute atomic E-state index is 12.2. The minimum atomic E-state index is -0.367. The summed E-state index contributed by atoms with van der Waals surface area (Å²) in [7, 11) is 1.43. The van der Waals surface area contributed by atoms with E-state index in [4.69, 9.17) is 4.74 Å². The SMILES string of the molecule is CCc1c(=O)[nH]c(Cc2c[nH]c3ccccc23)c(OC)[n+]1[O-]. The molecule has 0 aliphatic carbocycles. The van der Waals surface area contributed by atoms with Crippen molar-refractivity contribution in [3.63, 3.8) is 0 Å². The molecule has 114 valence electrons. The number of hydrogen-bond acceptors (Lipinski definition) is 3. The average Bonchev–Trinajstić information content (AvgIpc) is 2.91. The Morgan fingerprint density at radius 3 is 2.82 bits per heavy atom. The first-order valence-electron chi connectivity index (χ1n) is 7.12. The van der Waals surface area contributed by atoms with Gasteiger partial charge in [0.15, 0.2) is 0 Å². The Hall–Kier alpha value is -2.76. The highest BCUT2D eigenvalue weighted by Crippen LogP contribution is 2.22. The number of para-hydroxylation sites is 1. The van der Waals surface area contributed by atoms with Crippen LogP contribution in [-0.4, -0.2) is 17.1 Å². The summed E-state index contributed by atoms with van der Waals surface area (Å²) in [6, 6.07) is 7.88. The molecule has 2 heterocycles. The van der Waals surface area contributed by atoms with Gasteiger partial charge >= 0.3 is 11.4 Å². The lowest BCUT2D eigenvalue weighted by Crippen LogP contribution is -2.42. The summed E-state index contributed by atoms with van der Waals surface area (Å²) in [6.45, 7) is 1.76. The van der Waals surface area contributed by atoms with Crippen LogP contribution in [0.4, 0.5) is 0 Å². The first kappa shape index (κ1) is 14.2. The van der Waals surface area contributed by atoms with Gasteiger partial charge in [0.25, 0.3) is 5.69 Å². The molecular weight excluding hydrogens is 282 g/mol. The number of methoxy groups -OCH3 is 1. The molecule has 0 unspecified atom stereocenters. The number of aromatic nitrogens is 3. The lowest BCUT2D eigenvalue weighted by Gasteiger charge is -2.10. The van der Waals surface area contributed by atoms with Crippen molar-refractivity contribution < 1.29 is 9.47 Å². The third kappa shape index (κ3) is 2.22. The molecule has 0 amide bonds. The van der Waals surface area contributed by atoms with Gasteiger partial charge in [-0.1, -0.05) is 25.1 Å². The van der Waals surface area contributed by atoms with E-state index < -0.39 is 0 Å². The number of rotatable bonds is 4. The molecule has 0 saturated carbocycles. The molecule has 0 aliphatic heterocycles. The quantitative estimate of drug-likeness (QED) is 0.567. The molecule has 0 fully saturated rings. The van der Waals surface area contributed by atoms with E-state index in [1.54, 1.807) is 6.92 Å². The van der Waals surface area contributed by atoms with Crippen molar-refractivity contribution in [2.75, 3.05) is 7.11 Å². The Bertz CT molecular complexity index is 880. The van der Waals surface area contributed by atoms with Crippen molar-refractivity contribution in [2.24, 2.45) is 0 Å². The van der Waals surface area contributed by atoms with Crippen molar-refractivity contribution >= 4 is 10.9 Å². The number of aromatic amines is 2. The Kier molecular flexibility index (Phi) is 3.58. The van der Waals surface area contributed by atoms with Crippen molar-refractivity contribution in [1.82, 2.24) is 9.97 Å². The molecule has 1 aromatic carbocycles. The Labute approximate surface area is 127 Å². The molecule has 3 aromatic rings. The number of ether oxygens (including phenoxy) is 1. The van der Waals surface area contributed by atoms with Crippen LogP contribution in [0.1, 0.15) is 23.9 Å². The molecule has 0 radical (unpaired) electrons. The highest BCUT2D eigenvalue weighted by molar-refractivity contribution is 5.83. The number of benzene rings is 1. The molecule has 0 spiro atoms. The molecule has 22 heavy (non-hydrogen) atoms. The molecule has 0 aliphatic rings. The van der Waals surface area contributed by atoms with E-state index in [-0.39, 0.29) is 17.1 Å². The fourth-order valence-corrected chi connectivity index (χ4v) is 2.70. The highest BCUT2D eigenvalue weighted by Gasteiger charge is 2.22. The smallest absolute Gasteiger partial charge is 0.400 e. The van der Waals surface area contributed by atoms with E-state index in [0.29, 0.717) is 23.3 Å². The minimum Gasteiger partial charge on any atom is -0.616 e. The van der Waals surface area contributed by atoms with Crippen molar-refractivity contribution in [3.05, 3.63) is 63.0 Å². The van der Waals surface area contributed by atoms with Gasteiger partial charge in [0, 0.05) is 29.9 Å². The zero-order chi connectivity index (χ0) is 15.7. The zero-order valence-corrected chi connectivity index (χ0v) is 12.5. The monoisotopic (exact) mass is 299 g/mol. The summed E-state index contributed by atoms with van der Waals surface area (Å²) >= 11 is 0. The van der Waals surface area contributed by atoms with Crippen LogP contribution in [0.25, 0.3) is 10.9 Å². The number of fused-ring (bicyclic) bond motifs is 1. The summed E-state index contributed by atoms with van der Waals surface area (Å²) in [5, 5.41) is 13.3. The van der Waals surface area contributed by atoms with Crippen LogP contribution in [-0.2, 0) is 12.8 Å². The summed E-state index contributed by atoms with van der Waals surface area (Å²) in [4.78, 5) is 18.0. The Morgan fingerprint density at radius 1 is 1.32 bits per heavy atom. The van der Waals surface area contributed by atoms with Gasteiger partial charge in [-0.25, -0.2) is 0 Å². The molecular formula is C16H17N3O3. The van der Waals surface area contributed by atoms with E-state index in [1.165, 1.54) is 7.11 Å². The van der Waals surface area contributed by atoms with Gasteiger partial charge < -0.3 is 19.9 Å². The Morgan fingerprint density at radius 2 is 2.09 bits per heavy atom. The van der Waals surface area contributed by atoms with Crippen molar-refractivity contribution in [3.8, 4) is 5.88 Å². The highest BCUT2D eigenvalue weighted by atomic mass is 16.5. The third-order valence-corrected chi connectivity index (χ3v) is 3.78. The topological polar surface area (TPSA) is 84.8 Å². The normalized spacial score (nSPS) is 11.0. The van der Waals surface area contributed by atoms with Crippen molar-refractivity contribution in [2.45, 2.75) is 19.8 Å². The van der Waals surface area contributed by atoms with Crippen LogP contribution in [0.15, 0.2) is 35.3 Å². The van der Waals surface area contributed by atoms with Crippen LogP contribution < -0.4 is 15.0 Å². The van der Waals surface area contributed by atoms with Crippen LogP contribution in [0.3, 0.4) is 0 Å². The van der Waals surface area contributed by atoms with E-state index >= 15 is 0 Å².